The molecule has 2 aromatic carbocycles. The lowest BCUT2D eigenvalue weighted by atomic mass is 9.96. The second kappa shape index (κ2) is 17.6. The third-order valence-corrected chi connectivity index (χ3v) is 6.38. The Labute approximate surface area is 235 Å². The van der Waals surface area contributed by atoms with Crippen LogP contribution in [0.5, 0.6) is 0 Å². The largest absolute Gasteiger partial charge is 0.470 e. The molecule has 0 aliphatic carbocycles. The van der Waals surface area contributed by atoms with Crippen molar-refractivity contribution in [3.05, 3.63) is 131 Å². The molecule has 0 saturated heterocycles. The summed E-state index contributed by atoms with van der Waals surface area (Å²) in [6.45, 7) is 17.0. The molecule has 0 saturated carbocycles. The van der Waals surface area contributed by atoms with Crippen LogP contribution in [0.25, 0.3) is 0 Å². The Bertz CT molecular complexity index is 1070. The first-order chi connectivity index (χ1) is 18.0. The van der Waals surface area contributed by atoms with Gasteiger partial charge in [-0.25, -0.2) is 8.78 Å². The standard InChI is InChI=1S/C21H28F2S.C13H16O/c1-5-8-18(9-6-2)20(16(3)24)11-7-10-17-12-14-19(15-13-17)21(4,22)23;1-4-10-14-12(3)11(2)13-8-6-5-7-9-13/h5,8,12-15,24H,3,6-7,9-11H2,1-2,4H3;4-11H,3H2,1-2H3/b8-5-,20-18+;10-4-. The maximum absolute atomic E-state index is 13.2. The minimum atomic E-state index is -2.78. The van der Waals surface area contributed by atoms with Crippen molar-refractivity contribution < 1.29 is 13.5 Å². The van der Waals surface area contributed by atoms with Crippen LogP contribution >= 0.6 is 12.6 Å². The molecule has 1 nitrogen and oxygen atoms in total. The quantitative estimate of drug-likeness (QED) is 0.152. The van der Waals surface area contributed by atoms with Gasteiger partial charge in [-0.1, -0.05) is 106 Å². The average Bonchev–Trinajstić information content (AvgIpc) is 2.89. The van der Waals surface area contributed by atoms with Crippen molar-refractivity contribution in [2.75, 3.05) is 0 Å². The Morgan fingerprint density at radius 2 is 1.63 bits per heavy atom. The smallest absolute Gasteiger partial charge is 0.270 e. The van der Waals surface area contributed by atoms with E-state index >= 15 is 0 Å². The molecule has 0 aliphatic heterocycles. The normalized spacial score (nSPS) is 13.1. The van der Waals surface area contributed by atoms with E-state index in [1.165, 1.54) is 28.8 Å². The van der Waals surface area contributed by atoms with Crippen molar-refractivity contribution in [1.82, 2.24) is 0 Å². The van der Waals surface area contributed by atoms with Crippen molar-refractivity contribution >= 4 is 12.6 Å². The molecule has 38 heavy (non-hydrogen) atoms. The van der Waals surface area contributed by atoms with E-state index in [9.17, 15) is 8.78 Å². The van der Waals surface area contributed by atoms with E-state index in [0.29, 0.717) is 0 Å². The Kier molecular flexibility index (Phi) is 15.4. The third-order valence-electron chi connectivity index (χ3n) is 6.11. The number of rotatable bonds is 13. The van der Waals surface area contributed by atoms with Crippen molar-refractivity contribution in [1.29, 1.82) is 0 Å². The number of hydrogen-bond acceptors (Lipinski definition) is 2. The lowest BCUT2D eigenvalue weighted by Crippen LogP contribution is -2.06. The van der Waals surface area contributed by atoms with Gasteiger partial charge in [-0.2, -0.15) is 0 Å². The van der Waals surface area contributed by atoms with Crippen LogP contribution in [0.4, 0.5) is 8.78 Å². The second-order valence-electron chi connectivity index (χ2n) is 9.33. The van der Waals surface area contributed by atoms with Gasteiger partial charge in [0.2, 0.25) is 0 Å². The van der Waals surface area contributed by atoms with Crippen LogP contribution < -0.4 is 0 Å². The van der Waals surface area contributed by atoms with Crippen molar-refractivity contribution in [2.24, 2.45) is 0 Å². The molecule has 0 spiro atoms. The van der Waals surface area contributed by atoms with E-state index in [1.54, 1.807) is 18.4 Å². The molecule has 0 fully saturated rings. The maximum atomic E-state index is 13.2. The van der Waals surface area contributed by atoms with E-state index in [4.69, 9.17) is 4.74 Å². The summed E-state index contributed by atoms with van der Waals surface area (Å²) < 4.78 is 31.8. The van der Waals surface area contributed by atoms with Gasteiger partial charge in [-0.05, 0) is 61.8 Å². The SMILES string of the molecule is C=C(O/C=C\C)C(C)c1ccccc1.C=C(S)/C(CCCc1ccc(C(C)(F)F)cc1)=C(\C=C/C)CCC. The van der Waals surface area contributed by atoms with Gasteiger partial charge >= 0.3 is 0 Å². The van der Waals surface area contributed by atoms with E-state index in [2.05, 4.69) is 57.8 Å². The van der Waals surface area contributed by atoms with Gasteiger partial charge in [-0.15, -0.1) is 12.6 Å². The van der Waals surface area contributed by atoms with Gasteiger partial charge in [-0.3, -0.25) is 0 Å². The first kappa shape index (κ1) is 33.2. The predicted octanol–water partition coefficient (Wildman–Crippen LogP) is 11.1. The molecule has 0 bridgehead atoms. The molecule has 206 valence electrons. The summed E-state index contributed by atoms with van der Waals surface area (Å²) in [5.41, 5.74) is 4.86. The molecule has 2 aromatic rings. The van der Waals surface area contributed by atoms with Crippen molar-refractivity contribution in [3.63, 3.8) is 0 Å². The highest BCUT2D eigenvalue weighted by Crippen LogP contribution is 2.29. The summed E-state index contributed by atoms with van der Waals surface area (Å²) in [6, 6.07) is 16.8. The summed E-state index contributed by atoms with van der Waals surface area (Å²) in [5.74, 6) is -1.78. The number of thiol groups is 1. The molecule has 0 amide bonds. The zero-order valence-corrected chi connectivity index (χ0v) is 24.5. The summed E-state index contributed by atoms with van der Waals surface area (Å²) in [7, 11) is 0. The first-order valence-electron chi connectivity index (χ1n) is 13.3. The molecule has 0 heterocycles. The number of allylic oxidation sites excluding steroid dienone is 6. The van der Waals surface area contributed by atoms with Crippen LogP contribution in [0.3, 0.4) is 0 Å². The summed E-state index contributed by atoms with van der Waals surface area (Å²) in [5, 5.41) is 0. The zero-order valence-electron chi connectivity index (χ0n) is 23.6. The van der Waals surface area contributed by atoms with E-state index in [-0.39, 0.29) is 11.5 Å². The third kappa shape index (κ3) is 12.1. The van der Waals surface area contributed by atoms with Gasteiger partial charge in [0.05, 0.1) is 6.26 Å². The Hall–Kier alpha value is -2.85. The molecule has 0 N–H and O–H groups in total. The molecular weight excluding hydrogens is 494 g/mol. The molecule has 0 aromatic heterocycles. The maximum Gasteiger partial charge on any atom is 0.270 e. The first-order valence-corrected chi connectivity index (χ1v) is 13.7. The fourth-order valence-corrected chi connectivity index (χ4v) is 4.17. The summed E-state index contributed by atoms with van der Waals surface area (Å²) in [6.07, 6.45) is 12.5. The number of alkyl halides is 2. The van der Waals surface area contributed by atoms with E-state index in [1.807, 2.05) is 44.2 Å². The highest BCUT2D eigenvalue weighted by atomic mass is 32.1. The van der Waals surface area contributed by atoms with Crippen molar-refractivity contribution in [2.45, 2.75) is 78.6 Å². The number of benzene rings is 2. The number of ether oxygens (including phenoxy) is 1. The molecular formula is C34H44F2OS. The fourth-order valence-electron chi connectivity index (χ4n) is 3.91. The highest BCUT2D eigenvalue weighted by molar-refractivity contribution is 7.84. The summed E-state index contributed by atoms with van der Waals surface area (Å²) >= 11 is 4.45. The Morgan fingerprint density at radius 3 is 2.13 bits per heavy atom. The van der Waals surface area contributed by atoms with Crippen LogP contribution in [-0.4, -0.2) is 0 Å². The molecule has 4 heteroatoms. The molecule has 0 radical (unpaired) electrons. The minimum absolute atomic E-state index is 0.0638. The predicted molar refractivity (Wildman–Crippen MR) is 164 cm³/mol. The van der Waals surface area contributed by atoms with Gasteiger partial charge in [0.15, 0.2) is 0 Å². The molecule has 1 atom stereocenters. The average molecular weight is 539 g/mol. The number of halogens is 2. The van der Waals surface area contributed by atoms with Gasteiger partial charge in [0.1, 0.15) is 5.76 Å². The lowest BCUT2D eigenvalue weighted by molar-refractivity contribution is 0.0174. The lowest BCUT2D eigenvalue weighted by Gasteiger charge is -2.13. The topological polar surface area (TPSA) is 9.23 Å². The zero-order chi connectivity index (χ0) is 28.6. The Morgan fingerprint density at radius 1 is 1.00 bits per heavy atom. The van der Waals surface area contributed by atoms with Crippen molar-refractivity contribution in [3.8, 4) is 0 Å². The van der Waals surface area contributed by atoms with Gasteiger partial charge < -0.3 is 4.74 Å². The van der Waals surface area contributed by atoms with Crippen LogP contribution in [0, 0.1) is 0 Å². The monoisotopic (exact) mass is 538 g/mol. The van der Waals surface area contributed by atoms with Gasteiger partial charge in [0.25, 0.3) is 5.92 Å². The molecule has 1 unspecified atom stereocenters. The highest BCUT2D eigenvalue weighted by Gasteiger charge is 2.23. The van der Waals surface area contributed by atoms with Crippen LogP contribution in [0.15, 0.2) is 114 Å². The Balaban J connectivity index is 0.000000437. The second-order valence-corrected chi connectivity index (χ2v) is 9.87. The van der Waals surface area contributed by atoms with Crippen LogP contribution in [0.1, 0.15) is 82.9 Å². The van der Waals surface area contributed by atoms with E-state index in [0.717, 1.165) is 55.3 Å². The molecule has 0 aliphatic rings. The fraction of sp³-hybridized carbons (Fsp3) is 0.353. The van der Waals surface area contributed by atoms with E-state index < -0.39 is 5.92 Å². The summed E-state index contributed by atoms with van der Waals surface area (Å²) in [4.78, 5) is 0.817. The number of aryl methyl sites for hydroxylation is 1. The van der Waals surface area contributed by atoms with Crippen LogP contribution in [-0.2, 0) is 17.1 Å². The minimum Gasteiger partial charge on any atom is -0.470 e. The van der Waals surface area contributed by atoms with Gasteiger partial charge in [0, 0.05) is 23.3 Å². The van der Waals surface area contributed by atoms with Crippen LogP contribution in [0.2, 0.25) is 0 Å². The number of hydrogen-bond donors (Lipinski definition) is 1. The molecule has 2 rings (SSSR count).